The standard InChI is InChI=1S/C31H36N6S/c1-6-8-24(9-7-2)28-21-38-31(34-28)33-26-19-27-29(18-22(26)3)36(5)30(32-27)25-12-10-23(11-13-25)20-37-16-14-35(4)15-17-37/h6-13,18-19,21H,1,14-17,20H2,2-5H3,(H,33,34). The number of imidazole rings is 1. The predicted octanol–water partition coefficient (Wildman–Crippen LogP) is 6.64. The van der Waals surface area contributed by atoms with Crippen LogP contribution in [0.4, 0.5) is 10.8 Å². The molecule has 1 N–H and O–H groups in total. The van der Waals surface area contributed by atoms with Gasteiger partial charge in [0.15, 0.2) is 5.13 Å². The Morgan fingerprint density at radius 3 is 2.55 bits per heavy atom. The number of hydrogen-bond acceptors (Lipinski definition) is 6. The third-order valence-electron chi connectivity index (χ3n) is 7.13. The van der Waals surface area contributed by atoms with Crippen molar-refractivity contribution in [2.75, 3.05) is 38.5 Å². The molecule has 6 nitrogen and oxygen atoms in total. The average molecular weight is 525 g/mol. The van der Waals surface area contributed by atoms with Gasteiger partial charge in [-0.25, -0.2) is 9.97 Å². The molecule has 2 aromatic carbocycles. The van der Waals surface area contributed by atoms with Crippen LogP contribution < -0.4 is 5.32 Å². The second kappa shape index (κ2) is 11.5. The highest BCUT2D eigenvalue weighted by Crippen LogP contribution is 2.31. The highest BCUT2D eigenvalue weighted by atomic mass is 32.1. The van der Waals surface area contributed by atoms with Crippen LogP contribution in [0.5, 0.6) is 0 Å². The van der Waals surface area contributed by atoms with E-state index in [0.717, 1.165) is 82.8 Å². The van der Waals surface area contributed by atoms with Crippen molar-refractivity contribution in [2.45, 2.75) is 20.4 Å². The first kappa shape index (κ1) is 26.1. The molecule has 0 unspecified atom stereocenters. The molecule has 5 rings (SSSR count). The molecule has 0 bridgehead atoms. The third kappa shape index (κ3) is 5.65. The van der Waals surface area contributed by atoms with Crippen molar-refractivity contribution in [2.24, 2.45) is 7.05 Å². The molecule has 0 radical (unpaired) electrons. The van der Waals surface area contributed by atoms with Gasteiger partial charge in [0.25, 0.3) is 0 Å². The van der Waals surface area contributed by atoms with Crippen LogP contribution >= 0.6 is 11.3 Å². The van der Waals surface area contributed by atoms with E-state index in [1.165, 1.54) is 5.56 Å². The fourth-order valence-corrected chi connectivity index (χ4v) is 5.60. The lowest BCUT2D eigenvalue weighted by Gasteiger charge is -2.32. The lowest BCUT2D eigenvalue weighted by atomic mass is 10.1. The van der Waals surface area contributed by atoms with E-state index in [-0.39, 0.29) is 0 Å². The first-order chi connectivity index (χ1) is 18.4. The SMILES string of the molecule is C=CC=C(C=CC)c1csc(Nc2cc3nc(-c4ccc(CN5CCN(C)CC5)cc4)n(C)c3cc2C)n1. The summed E-state index contributed by atoms with van der Waals surface area (Å²) in [4.78, 5) is 14.7. The molecule has 1 saturated heterocycles. The van der Waals surface area contributed by atoms with Gasteiger partial charge in [0.05, 0.1) is 16.7 Å². The topological polar surface area (TPSA) is 49.2 Å². The second-order valence-corrected chi connectivity index (χ2v) is 10.8. The fraction of sp³-hybridized carbons (Fsp3) is 0.290. The van der Waals surface area contributed by atoms with Crippen molar-refractivity contribution in [1.82, 2.24) is 24.3 Å². The maximum absolute atomic E-state index is 5.02. The summed E-state index contributed by atoms with van der Waals surface area (Å²) in [7, 11) is 4.29. The maximum Gasteiger partial charge on any atom is 0.187 e. The summed E-state index contributed by atoms with van der Waals surface area (Å²) >= 11 is 1.59. The van der Waals surface area contributed by atoms with Crippen molar-refractivity contribution in [3.63, 3.8) is 0 Å². The molecule has 7 heteroatoms. The predicted molar refractivity (Wildman–Crippen MR) is 162 cm³/mol. The molecule has 196 valence electrons. The fourth-order valence-electron chi connectivity index (χ4n) is 4.87. The van der Waals surface area contributed by atoms with E-state index in [4.69, 9.17) is 9.97 Å². The first-order valence-electron chi connectivity index (χ1n) is 13.1. The van der Waals surface area contributed by atoms with Gasteiger partial charge < -0.3 is 14.8 Å². The number of rotatable bonds is 8. The number of aromatic nitrogens is 3. The van der Waals surface area contributed by atoms with Crippen molar-refractivity contribution >= 4 is 38.8 Å². The van der Waals surface area contributed by atoms with Gasteiger partial charge in [0.2, 0.25) is 0 Å². The highest BCUT2D eigenvalue weighted by molar-refractivity contribution is 7.13. The van der Waals surface area contributed by atoms with E-state index in [0.29, 0.717) is 0 Å². The Balaban J connectivity index is 1.36. The van der Waals surface area contributed by atoms with Crippen molar-refractivity contribution < 1.29 is 0 Å². The van der Waals surface area contributed by atoms with Gasteiger partial charge in [-0.2, -0.15) is 0 Å². The van der Waals surface area contributed by atoms with E-state index in [2.05, 4.69) is 89.1 Å². The van der Waals surface area contributed by atoms with Crippen LogP contribution in [-0.2, 0) is 13.6 Å². The zero-order valence-electron chi connectivity index (χ0n) is 22.7. The Morgan fingerprint density at radius 2 is 1.84 bits per heavy atom. The minimum Gasteiger partial charge on any atom is -0.331 e. The zero-order chi connectivity index (χ0) is 26.6. The van der Waals surface area contributed by atoms with Crippen molar-refractivity contribution in [3.8, 4) is 11.4 Å². The molecule has 0 amide bonds. The number of piperazine rings is 1. The van der Waals surface area contributed by atoms with Crippen LogP contribution in [0.1, 0.15) is 23.7 Å². The Hall–Kier alpha value is -3.52. The number of benzene rings is 2. The van der Waals surface area contributed by atoms with Crippen LogP contribution in [0.25, 0.3) is 28.0 Å². The molecular weight excluding hydrogens is 488 g/mol. The molecule has 0 saturated carbocycles. The third-order valence-corrected chi connectivity index (χ3v) is 7.88. The van der Waals surface area contributed by atoms with Gasteiger partial charge in [-0.1, -0.05) is 55.1 Å². The molecule has 1 fully saturated rings. The number of allylic oxidation sites excluding steroid dienone is 5. The molecule has 0 atom stereocenters. The number of nitrogens with zero attached hydrogens (tertiary/aromatic N) is 5. The smallest absolute Gasteiger partial charge is 0.187 e. The zero-order valence-corrected chi connectivity index (χ0v) is 23.6. The van der Waals surface area contributed by atoms with Crippen LogP contribution in [0.2, 0.25) is 0 Å². The molecule has 1 aliphatic heterocycles. The lowest BCUT2D eigenvalue weighted by Crippen LogP contribution is -2.43. The van der Waals surface area contributed by atoms with Gasteiger partial charge >= 0.3 is 0 Å². The summed E-state index contributed by atoms with van der Waals surface area (Å²) in [5.74, 6) is 0.977. The van der Waals surface area contributed by atoms with Gasteiger partial charge in [-0.15, -0.1) is 11.3 Å². The quantitative estimate of drug-likeness (QED) is 0.262. The molecular formula is C31H36N6S. The summed E-state index contributed by atoms with van der Waals surface area (Å²) in [6.07, 6.45) is 7.83. The Morgan fingerprint density at radius 1 is 1.08 bits per heavy atom. The number of fused-ring (bicyclic) bond motifs is 1. The number of thiazole rings is 1. The molecule has 4 aromatic rings. The Bertz CT molecular complexity index is 1480. The van der Waals surface area contributed by atoms with Gasteiger partial charge in [-0.05, 0) is 44.2 Å². The Labute approximate surface area is 229 Å². The molecule has 0 aliphatic carbocycles. The lowest BCUT2D eigenvalue weighted by molar-refractivity contribution is 0.148. The summed E-state index contributed by atoms with van der Waals surface area (Å²) in [5, 5.41) is 6.44. The number of aryl methyl sites for hydroxylation is 2. The van der Waals surface area contributed by atoms with E-state index in [1.807, 2.05) is 25.2 Å². The average Bonchev–Trinajstić information content (AvgIpc) is 3.50. The molecule has 38 heavy (non-hydrogen) atoms. The number of nitrogens with one attached hydrogen (secondary N) is 1. The summed E-state index contributed by atoms with van der Waals surface area (Å²) in [6.45, 7) is 13.5. The molecule has 1 aliphatic rings. The molecule has 0 spiro atoms. The molecule has 2 aromatic heterocycles. The number of hydrogen-bond donors (Lipinski definition) is 1. The van der Waals surface area contributed by atoms with E-state index >= 15 is 0 Å². The largest absolute Gasteiger partial charge is 0.331 e. The van der Waals surface area contributed by atoms with Gasteiger partial charge in [0.1, 0.15) is 5.82 Å². The minimum atomic E-state index is 0.856. The van der Waals surface area contributed by atoms with Gasteiger partial charge in [0, 0.05) is 62.0 Å². The normalized spacial score (nSPS) is 15.5. The number of anilines is 2. The summed E-state index contributed by atoms with van der Waals surface area (Å²) in [5.41, 5.74) is 8.72. The van der Waals surface area contributed by atoms with Gasteiger partial charge in [-0.3, -0.25) is 4.90 Å². The van der Waals surface area contributed by atoms with E-state index in [1.54, 1.807) is 17.4 Å². The van der Waals surface area contributed by atoms with Crippen LogP contribution in [-0.4, -0.2) is 57.6 Å². The van der Waals surface area contributed by atoms with Crippen molar-refractivity contribution in [1.29, 1.82) is 0 Å². The van der Waals surface area contributed by atoms with Crippen LogP contribution in [0, 0.1) is 6.92 Å². The maximum atomic E-state index is 5.02. The van der Waals surface area contributed by atoms with Crippen molar-refractivity contribution in [3.05, 3.63) is 89.5 Å². The summed E-state index contributed by atoms with van der Waals surface area (Å²) < 4.78 is 2.19. The monoisotopic (exact) mass is 524 g/mol. The highest BCUT2D eigenvalue weighted by Gasteiger charge is 2.16. The molecule has 3 heterocycles. The second-order valence-electron chi connectivity index (χ2n) is 9.95. The van der Waals surface area contributed by atoms with Crippen LogP contribution in [0.15, 0.2) is 72.7 Å². The van der Waals surface area contributed by atoms with Crippen LogP contribution in [0.3, 0.4) is 0 Å². The number of likely N-dealkylation sites (N-methyl/N-ethyl adjacent to an activating group) is 1. The Kier molecular flexibility index (Phi) is 7.88. The summed E-state index contributed by atoms with van der Waals surface area (Å²) in [6, 6.07) is 13.2. The first-order valence-corrected chi connectivity index (χ1v) is 14.0. The van der Waals surface area contributed by atoms with E-state index < -0.39 is 0 Å². The van der Waals surface area contributed by atoms with E-state index in [9.17, 15) is 0 Å². The minimum absolute atomic E-state index is 0.856.